The maximum atomic E-state index is 10.4. The number of benzene rings is 2. The summed E-state index contributed by atoms with van der Waals surface area (Å²) in [7, 11) is 0. The Morgan fingerprint density at radius 3 is 2.42 bits per heavy atom. The molecular formula is C16H15ClO2. The molecule has 0 aromatic heterocycles. The molecule has 0 saturated heterocycles. The van der Waals surface area contributed by atoms with E-state index in [1.165, 1.54) is 0 Å². The molecule has 1 aliphatic rings. The van der Waals surface area contributed by atoms with Crippen LogP contribution in [0.1, 0.15) is 30.1 Å². The molecule has 0 bridgehead atoms. The lowest BCUT2D eigenvalue weighted by molar-refractivity contribution is 0.219. The van der Waals surface area contributed by atoms with Crippen molar-refractivity contribution < 1.29 is 9.84 Å². The van der Waals surface area contributed by atoms with Gasteiger partial charge in [-0.3, -0.25) is 0 Å². The van der Waals surface area contributed by atoms with Crippen molar-refractivity contribution in [1.29, 1.82) is 0 Å². The van der Waals surface area contributed by atoms with Crippen LogP contribution in [0.15, 0.2) is 48.5 Å². The highest BCUT2D eigenvalue weighted by Crippen LogP contribution is 2.30. The molecule has 0 radical (unpaired) electrons. The third kappa shape index (κ3) is 3.09. The molecule has 1 unspecified atom stereocenters. The lowest BCUT2D eigenvalue weighted by atomic mass is 10.0. The van der Waals surface area contributed by atoms with Crippen molar-refractivity contribution in [3.63, 3.8) is 0 Å². The highest BCUT2D eigenvalue weighted by atomic mass is 35.5. The van der Waals surface area contributed by atoms with E-state index in [2.05, 4.69) is 0 Å². The minimum Gasteiger partial charge on any atom is -0.490 e. The molecule has 98 valence electrons. The van der Waals surface area contributed by atoms with Gasteiger partial charge in [-0.05, 0) is 48.2 Å². The first kappa shape index (κ1) is 12.5. The Bertz CT molecular complexity index is 578. The van der Waals surface area contributed by atoms with Gasteiger partial charge in [-0.15, -0.1) is 0 Å². The van der Waals surface area contributed by atoms with Crippen LogP contribution in [0.25, 0.3) is 0 Å². The number of hydrogen-bond acceptors (Lipinski definition) is 2. The number of hydrogen-bond donors (Lipinski definition) is 1. The molecule has 3 rings (SSSR count). The summed E-state index contributed by atoms with van der Waals surface area (Å²) >= 11 is 5.95. The van der Waals surface area contributed by atoms with Gasteiger partial charge in [0.1, 0.15) is 11.9 Å². The zero-order valence-electron chi connectivity index (χ0n) is 10.4. The van der Waals surface area contributed by atoms with Crippen LogP contribution < -0.4 is 4.74 Å². The maximum absolute atomic E-state index is 10.4. The average molecular weight is 275 g/mol. The van der Waals surface area contributed by atoms with E-state index in [0.29, 0.717) is 11.1 Å². The van der Waals surface area contributed by atoms with Crippen LogP contribution >= 0.6 is 11.6 Å². The van der Waals surface area contributed by atoms with Gasteiger partial charge >= 0.3 is 0 Å². The molecule has 2 nitrogen and oxygen atoms in total. The summed E-state index contributed by atoms with van der Waals surface area (Å²) in [5, 5.41) is 11.0. The van der Waals surface area contributed by atoms with Gasteiger partial charge in [-0.25, -0.2) is 0 Å². The Balaban J connectivity index is 1.83. The summed E-state index contributed by atoms with van der Waals surface area (Å²) < 4.78 is 5.74. The van der Waals surface area contributed by atoms with Crippen LogP contribution in [0.5, 0.6) is 5.75 Å². The Labute approximate surface area is 117 Å². The SMILES string of the molecule is OC(c1cccc(Cl)c1)c1cccc(OC2CC2)c1. The Morgan fingerprint density at radius 1 is 1.05 bits per heavy atom. The second-order valence-corrected chi connectivity index (χ2v) is 5.28. The van der Waals surface area contributed by atoms with Crippen LogP contribution in [0, 0.1) is 0 Å². The first-order chi connectivity index (χ1) is 9.22. The van der Waals surface area contributed by atoms with Crippen molar-refractivity contribution in [2.45, 2.75) is 25.0 Å². The smallest absolute Gasteiger partial charge is 0.120 e. The zero-order valence-corrected chi connectivity index (χ0v) is 11.2. The molecule has 3 heteroatoms. The lowest BCUT2D eigenvalue weighted by Gasteiger charge is -2.13. The van der Waals surface area contributed by atoms with Crippen LogP contribution in [0.2, 0.25) is 5.02 Å². The van der Waals surface area contributed by atoms with E-state index >= 15 is 0 Å². The van der Waals surface area contributed by atoms with E-state index in [0.717, 1.165) is 29.7 Å². The predicted molar refractivity (Wildman–Crippen MR) is 75.6 cm³/mol. The average Bonchev–Trinajstić information content (AvgIpc) is 3.22. The molecule has 2 aromatic carbocycles. The minimum absolute atomic E-state index is 0.360. The topological polar surface area (TPSA) is 29.5 Å². The Hall–Kier alpha value is -1.51. The predicted octanol–water partition coefficient (Wildman–Crippen LogP) is 3.96. The third-order valence-electron chi connectivity index (χ3n) is 3.17. The summed E-state index contributed by atoms with van der Waals surface area (Å²) in [5.41, 5.74) is 1.61. The molecule has 1 saturated carbocycles. The summed E-state index contributed by atoms with van der Waals surface area (Å²) in [5.74, 6) is 0.820. The first-order valence-electron chi connectivity index (χ1n) is 6.42. The summed E-state index contributed by atoms with van der Waals surface area (Å²) in [6.07, 6.45) is 1.93. The van der Waals surface area contributed by atoms with Gasteiger partial charge in [0.2, 0.25) is 0 Å². The van der Waals surface area contributed by atoms with Crippen LogP contribution in [0.4, 0.5) is 0 Å². The molecular weight excluding hydrogens is 260 g/mol. The summed E-state index contributed by atoms with van der Waals surface area (Å²) in [6.45, 7) is 0. The fraction of sp³-hybridized carbons (Fsp3) is 0.250. The van der Waals surface area contributed by atoms with Gasteiger partial charge in [0.15, 0.2) is 0 Å². The Morgan fingerprint density at radius 2 is 1.74 bits per heavy atom. The van der Waals surface area contributed by atoms with E-state index in [9.17, 15) is 5.11 Å². The van der Waals surface area contributed by atoms with Crippen LogP contribution in [0.3, 0.4) is 0 Å². The van der Waals surface area contributed by atoms with Crippen LogP contribution in [-0.4, -0.2) is 11.2 Å². The molecule has 0 aliphatic heterocycles. The fourth-order valence-corrected chi connectivity index (χ4v) is 2.20. The third-order valence-corrected chi connectivity index (χ3v) is 3.40. The highest BCUT2D eigenvalue weighted by molar-refractivity contribution is 6.30. The monoisotopic (exact) mass is 274 g/mol. The van der Waals surface area contributed by atoms with Gasteiger partial charge in [0, 0.05) is 5.02 Å². The number of rotatable bonds is 4. The van der Waals surface area contributed by atoms with Gasteiger partial charge in [0.25, 0.3) is 0 Å². The zero-order chi connectivity index (χ0) is 13.2. The number of aliphatic hydroxyl groups excluding tert-OH is 1. The van der Waals surface area contributed by atoms with Crippen LogP contribution in [-0.2, 0) is 0 Å². The van der Waals surface area contributed by atoms with Crippen molar-refractivity contribution in [3.05, 3.63) is 64.7 Å². The van der Waals surface area contributed by atoms with Crippen molar-refractivity contribution in [2.75, 3.05) is 0 Å². The standard InChI is InChI=1S/C16H15ClO2/c17-13-5-1-3-11(9-13)16(18)12-4-2-6-15(10-12)19-14-7-8-14/h1-6,9-10,14,16,18H,7-8H2. The largest absolute Gasteiger partial charge is 0.490 e. The van der Waals surface area contributed by atoms with Gasteiger partial charge in [-0.1, -0.05) is 35.9 Å². The number of aliphatic hydroxyl groups is 1. The van der Waals surface area contributed by atoms with Crippen molar-refractivity contribution in [3.8, 4) is 5.75 Å². The second kappa shape index (κ2) is 5.24. The van der Waals surface area contributed by atoms with E-state index < -0.39 is 6.10 Å². The first-order valence-corrected chi connectivity index (χ1v) is 6.80. The fourth-order valence-electron chi connectivity index (χ4n) is 2.01. The molecule has 0 heterocycles. The summed E-state index contributed by atoms with van der Waals surface area (Å²) in [4.78, 5) is 0. The molecule has 0 spiro atoms. The minimum atomic E-state index is -0.679. The highest BCUT2D eigenvalue weighted by Gasteiger charge is 2.23. The molecule has 1 N–H and O–H groups in total. The normalized spacial score (nSPS) is 16.1. The quantitative estimate of drug-likeness (QED) is 0.914. The molecule has 1 fully saturated rings. The summed E-state index contributed by atoms with van der Waals surface area (Å²) in [6, 6.07) is 14.9. The van der Waals surface area contributed by atoms with E-state index in [1.807, 2.05) is 36.4 Å². The van der Waals surface area contributed by atoms with Gasteiger partial charge in [-0.2, -0.15) is 0 Å². The molecule has 19 heavy (non-hydrogen) atoms. The lowest BCUT2D eigenvalue weighted by Crippen LogP contribution is -2.01. The second-order valence-electron chi connectivity index (χ2n) is 4.85. The van der Waals surface area contributed by atoms with Crippen molar-refractivity contribution >= 4 is 11.6 Å². The van der Waals surface area contributed by atoms with E-state index in [1.54, 1.807) is 12.1 Å². The Kier molecular flexibility index (Phi) is 3.45. The maximum Gasteiger partial charge on any atom is 0.120 e. The van der Waals surface area contributed by atoms with Gasteiger partial charge in [0.05, 0.1) is 6.10 Å². The molecule has 2 aromatic rings. The molecule has 1 atom stereocenters. The molecule has 0 amide bonds. The number of halogens is 1. The van der Waals surface area contributed by atoms with E-state index in [-0.39, 0.29) is 0 Å². The molecule has 1 aliphatic carbocycles. The van der Waals surface area contributed by atoms with E-state index in [4.69, 9.17) is 16.3 Å². The number of ether oxygens (including phenoxy) is 1. The van der Waals surface area contributed by atoms with Crippen molar-refractivity contribution in [1.82, 2.24) is 0 Å². The van der Waals surface area contributed by atoms with Crippen molar-refractivity contribution in [2.24, 2.45) is 0 Å². The van der Waals surface area contributed by atoms with Gasteiger partial charge < -0.3 is 9.84 Å².